The van der Waals surface area contributed by atoms with E-state index in [2.05, 4.69) is 15.9 Å². The second-order valence-electron chi connectivity index (χ2n) is 5.95. The van der Waals surface area contributed by atoms with Crippen molar-refractivity contribution in [3.63, 3.8) is 0 Å². The van der Waals surface area contributed by atoms with Crippen LogP contribution in [-0.2, 0) is 9.84 Å². The van der Waals surface area contributed by atoms with Crippen LogP contribution in [-0.4, -0.2) is 40.3 Å². The zero-order valence-electron chi connectivity index (χ0n) is 14.8. The number of carbonyl (C=O) groups is 1. The van der Waals surface area contributed by atoms with Crippen molar-refractivity contribution in [3.05, 3.63) is 64.0 Å². The van der Waals surface area contributed by atoms with Gasteiger partial charge in [0.2, 0.25) is 0 Å². The number of rotatable bonds is 5. The zero-order valence-corrected chi connectivity index (χ0v) is 17.2. The van der Waals surface area contributed by atoms with Crippen molar-refractivity contribution >= 4 is 37.4 Å². The van der Waals surface area contributed by atoms with Gasteiger partial charge in [0.1, 0.15) is 11.5 Å². The fraction of sp³-hybridized carbons (Fsp3) is 0.211. The lowest BCUT2D eigenvalue weighted by Gasteiger charge is -2.29. The van der Waals surface area contributed by atoms with E-state index in [1.165, 1.54) is 25.2 Å². The van der Waals surface area contributed by atoms with E-state index in [1.54, 1.807) is 42.5 Å². The number of methoxy groups -OCH3 is 2. The van der Waals surface area contributed by atoms with Crippen LogP contribution in [0.1, 0.15) is 10.4 Å². The Bertz CT molecular complexity index is 986. The minimum Gasteiger partial charge on any atom is -0.497 e. The van der Waals surface area contributed by atoms with E-state index in [0.29, 0.717) is 22.7 Å². The minimum absolute atomic E-state index is 0.176. The predicted octanol–water partition coefficient (Wildman–Crippen LogP) is 3.42. The van der Waals surface area contributed by atoms with E-state index in [0.717, 1.165) is 9.88 Å². The van der Waals surface area contributed by atoms with E-state index in [1.807, 2.05) is 0 Å². The second-order valence-corrected chi connectivity index (χ2v) is 8.79. The molecule has 0 saturated heterocycles. The van der Waals surface area contributed by atoms with Crippen molar-refractivity contribution in [1.29, 1.82) is 0 Å². The van der Waals surface area contributed by atoms with Gasteiger partial charge >= 0.3 is 0 Å². The Labute approximate surface area is 166 Å². The molecule has 0 saturated carbocycles. The van der Waals surface area contributed by atoms with Crippen LogP contribution >= 0.6 is 15.9 Å². The smallest absolute Gasteiger partial charge is 0.258 e. The number of sulfone groups is 1. The summed E-state index contributed by atoms with van der Waals surface area (Å²) in [5.74, 6) is 0.487. The maximum Gasteiger partial charge on any atom is 0.258 e. The number of carbonyl (C=O) groups excluding carboxylic acids is 1. The van der Waals surface area contributed by atoms with E-state index < -0.39 is 15.9 Å². The van der Waals surface area contributed by atoms with Gasteiger partial charge < -0.3 is 9.47 Å². The van der Waals surface area contributed by atoms with Crippen LogP contribution < -0.4 is 14.4 Å². The number of amides is 1. The first-order chi connectivity index (χ1) is 12.8. The molecule has 0 spiro atoms. The highest BCUT2D eigenvalue weighted by atomic mass is 79.9. The lowest BCUT2D eigenvalue weighted by molar-refractivity contribution is 0.0982. The molecule has 0 bridgehead atoms. The summed E-state index contributed by atoms with van der Waals surface area (Å²) in [4.78, 5) is 14.7. The molecule has 1 amide bonds. The van der Waals surface area contributed by atoms with Gasteiger partial charge in [-0.25, -0.2) is 8.42 Å². The molecule has 8 heteroatoms. The summed E-state index contributed by atoms with van der Waals surface area (Å²) in [6.45, 7) is 0. The Morgan fingerprint density at radius 3 is 2.37 bits per heavy atom. The molecule has 0 aromatic heterocycles. The van der Waals surface area contributed by atoms with Crippen LogP contribution in [0.15, 0.2) is 58.4 Å². The SMILES string of the molecule is COc1ccc(N(C(=O)c2ccc(Br)cc2)C2C=CS(=O)(=O)C2)c(OC)c1. The van der Waals surface area contributed by atoms with Gasteiger partial charge in [0.05, 0.1) is 31.7 Å². The Morgan fingerprint density at radius 2 is 1.81 bits per heavy atom. The molecule has 1 aliphatic rings. The molecule has 0 fully saturated rings. The number of benzene rings is 2. The van der Waals surface area contributed by atoms with Gasteiger partial charge in [-0.1, -0.05) is 15.9 Å². The number of anilines is 1. The van der Waals surface area contributed by atoms with Crippen LogP contribution in [0, 0.1) is 0 Å². The molecule has 1 unspecified atom stereocenters. The highest BCUT2D eigenvalue weighted by Crippen LogP contribution is 2.36. The van der Waals surface area contributed by atoms with Gasteiger partial charge in [-0.3, -0.25) is 9.69 Å². The Morgan fingerprint density at radius 1 is 1.11 bits per heavy atom. The quantitative estimate of drug-likeness (QED) is 0.695. The lowest BCUT2D eigenvalue weighted by Crippen LogP contribution is -2.41. The van der Waals surface area contributed by atoms with Crippen molar-refractivity contribution in [2.24, 2.45) is 0 Å². The first-order valence-corrected chi connectivity index (χ1v) is 10.6. The molecule has 0 aliphatic carbocycles. The van der Waals surface area contributed by atoms with Gasteiger partial charge in [-0.2, -0.15) is 0 Å². The summed E-state index contributed by atoms with van der Waals surface area (Å²) in [7, 11) is -0.330. The molecular formula is C19H18BrNO5S. The maximum absolute atomic E-state index is 13.3. The number of nitrogens with zero attached hydrogens (tertiary/aromatic N) is 1. The number of hydrogen-bond donors (Lipinski definition) is 0. The second kappa shape index (κ2) is 7.74. The highest BCUT2D eigenvalue weighted by molar-refractivity contribution is 9.10. The van der Waals surface area contributed by atoms with E-state index in [-0.39, 0.29) is 11.7 Å². The van der Waals surface area contributed by atoms with Crippen molar-refractivity contribution in [2.45, 2.75) is 6.04 Å². The molecule has 0 N–H and O–H groups in total. The monoisotopic (exact) mass is 451 g/mol. The third-order valence-corrected chi connectivity index (χ3v) is 6.11. The summed E-state index contributed by atoms with van der Waals surface area (Å²) < 4.78 is 35.4. The number of halogens is 1. The summed E-state index contributed by atoms with van der Waals surface area (Å²) >= 11 is 3.35. The Balaban J connectivity index is 2.09. The first-order valence-electron chi connectivity index (χ1n) is 8.07. The molecule has 2 aromatic rings. The number of ether oxygens (including phenoxy) is 2. The fourth-order valence-electron chi connectivity index (χ4n) is 2.87. The fourth-order valence-corrected chi connectivity index (χ4v) is 4.41. The summed E-state index contributed by atoms with van der Waals surface area (Å²) in [6, 6.07) is 11.3. The van der Waals surface area contributed by atoms with Crippen LogP contribution in [0.4, 0.5) is 5.69 Å². The zero-order chi connectivity index (χ0) is 19.6. The predicted molar refractivity (Wildman–Crippen MR) is 107 cm³/mol. The van der Waals surface area contributed by atoms with Gasteiger partial charge in [-0.15, -0.1) is 0 Å². The van der Waals surface area contributed by atoms with Crippen LogP contribution in [0.3, 0.4) is 0 Å². The van der Waals surface area contributed by atoms with Gasteiger partial charge in [0.15, 0.2) is 9.84 Å². The third-order valence-electron chi connectivity index (χ3n) is 4.20. The molecule has 6 nitrogen and oxygen atoms in total. The Kier molecular flexibility index (Phi) is 5.57. The van der Waals surface area contributed by atoms with Crippen molar-refractivity contribution in [3.8, 4) is 11.5 Å². The summed E-state index contributed by atoms with van der Waals surface area (Å²) in [5.41, 5.74) is 0.909. The number of hydrogen-bond acceptors (Lipinski definition) is 5. The van der Waals surface area contributed by atoms with Gasteiger partial charge in [0, 0.05) is 21.5 Å². The molecule has 2 aromatic carbocycles. The molecule has 27 heavy (non-hydrogen) atoms. The molecule has 1 heterocycles. The van der Waals surface area contributed by atoms with Crippen molar-refractivity contribution in [1.82, 2.24) is 0 Å². The third kappa shape index (κ3) is 4.17. The van der Waals surface area contributed by atoms with Crippen LogP contribution in [0.5, 0.6) is 11.5 Å². The molecule has 142 valence electrons. The first kappa shape index (κ1) is 19.4. The lowest BCUT2D eigenvalue weighted by atomic mass is 10.1. The molecule has 0 radical (unpaired) electrons. The van der Waals surface area contributed by atoms with E-state index in [9.17, 15) is 13.2 Å². The molecular weight excluding hydrogens is 434 g/mol. The van der Waals surface area contributed by atoms with Crippen LogP contribution in [0.25, 0.3) is 0 Å². The van der Waals surface area contributed by atoms with E-state index in [4.69, 9.17) is 9.47 Å². The highest BCUT2D eigenvalue weighted by Gasteiger charge is 2.33. The van der Waals surface area contributed by atoms with Crippen molar-refractivity contribution < 1.29 is 22.7 Å². The molecule has 3 rings (SSSR count). The van der Waals surface area contributed by atoms with Crippen LogP contribution in [0.2, 0.25) is 0 Å². The van der Waals surface area contributed by atoms with Crippen molar-refractivity contribution in [2.75, 3.05) is 24.9 Å². The van der Waals surface area contributed by atoms with Gasteiger partial charge in [0.25, 0.3) is 5.91 Å². The average Bonchev–Trinajstić information content (AvgIpc) is 3.02. The average molecular weight is 452 g/mol. The van der Waals surface area contributed by atoms with Gasteiger partial charge in [-0.05, 0) is 42.5 Å². The summed E-state index contributed by atoms with van der Waals surface area (Å²) in [6.07, 6.45) is 1.52. The topological polar surface area (TPSA) is 72.9 Å². The largest absolute Gasteiger partial charge is 0.497 e. The normalized spacial score (nSPS) is 17.5. The molecule has 1 atom stereocenters. The standard InChI is InChI=1S/C19H18BrNO5S/c1-25-16-7-8-17(18(11-16)26-2)21(15-9-10-27(23,24)12-15)19(22)13-3-5-14(20)6-4-13/h3-11,15H,12H2,1-2H3. The van der Waals surface area contributed by atoms with E-state index >= 15 is 0 Å². The minimum atomic E-state index is -3.35. The summed E-state index contributed by atoms with van der Waals surface area (Å²) in [5, 5.41) is 1.15. The Hall–Kier alpha value is -2.32. The molecule has 1 aliphatic heterocycles. The maximum atomic E-state index is 13.3.